The summed E-state index contributed by atoms with van der Waals surface area (Å²) in [6, 6.07) is 14.7. The van der Waals surface area contributed by atoms with Gasteiger partial charge in [0.2, 0.25) is 17.7 Å². The molecule has 1 fully saturated rings. The number of carbonyl (C=O) groups excluding carboxylic acids is 3. The Hall–Kier alpha value is -2.88. The van der Waals surface area contributed by atoms with Gasteiger partial charge in [0.1, 0.15) is 11.8 Å². The molecule has 2 N–H and O–H groups in total. The average Bonchev–Trinajstić information content (AvgIpc) is 3.28. The fourth-order valence-corrected chi connectivity index (χ4v) is 7.47. The van der Waals surface area contributed by atoms with Gasteiger partial charge in [-0.05, 0) is 40.8 Å². The highest BCUT2D eigenvalue weighted by Crippen LogP contribution is 2.51. The van der Waals surface area contributed by atoms with Gasteiger partial charge in [0, 0.05) is 21.5 Å². The van der Waals surface area contributed by atoms with Crippen molar-refractivity contribution in [3.05, 3.63) is 79.2 Å². The number of amides is 3. The minimum Gasteiger partial charge on any atom is -0.325 e. The maximum atomic E-state index is 13.1. The Bertz CT molecular complexity index is 1420. The summed E-state index contributed by atoms with van der Waals surface area (Å²) in [7, 11) is 0. The molecule has 0 spiro atoms. The molecule has 3 heterocycles. The third-order valence-corrected chi connectivity index (χ3v) is 9.32. The average molecular weight is 542 g/mol. The van der Waals surface area contributed by atoms with Gasteiger partial charge in [-0.1, -0.05) is 79.7 Å². The number of thioether (sulfide) groups is 1. The number of benzene rings is 2. The standard InChI is InChI=1S/C26H24ClN3O4S2/c1-26(2,3)14-6-4-13(5-7-14)18-19-20(23(33)29-22(19)32)35-24-21(18)36-25(34)30(24)12-17(31)28-16-10-8-15(27)9-11-16/h4-11,18-20H,12H2,1-3H3,(H,28,31)(H,29,32,33). The number of rotatable bonds is 4. The summed E-state index contributed by atoms with van der Waals surface area (Å²) in [5, 5.41) is 5.67. The number of imide groups is 1. The molecule has 2 aliphatic rings. The molecule has 10 heteroatoms. The van der Waals surface area contributed by atoms with E-state index < -0.39 is 17.1 Å². The molecule has 3 amide bonds. The van der Waals surface area contributed by atoms with Crippen LogP contribution >= 0.6 is 34.7 Å². The van der Waals surface area contributed by atoms with Crippen LogP contribution in [0.15, 0.2) is 58.4 Å². The van der Waals surface area contributed by atoms with E-state index in [4.69, 9.17) is 11.6 Å². The first-order valence-corrected chi connectivity index (χ1v) is 13.5. The topological polar surface area (TPSA) is 97.3 Å². The minimum atomic E-state index is -0.670. The van der Waals surface area contributed by atoms with Gasteiger partial charge in [-0.2, -0.15) is 0 Å². The van der Waals surface area contributed by atoms with Gasteiger partial charge in [-0.15, -0.1) is 0 Å². The number of thiazole rings is 1. The summed E-state index contributed by atoms with van der Waals surface area (Å²) < 4.78 is 1.40. The predicted molar refractivity (Wildman–Crippen MR) is 142 cm³/mol. The first-order valence-electron chi connectivity index (χ1n) is 11.4. The Labute approximate surface area is 221 Å². The van der Waals surface area contributed by atoms with Crippen LogP contribution in [0.4, 0.5) is 5.69 Å². The molecule has 0 saturated carbocycles. The predicted octanol–water partition coefficient (Wildman–Crippen LogP) is 4.38. The van der Waals surface area contributed by atoms with Gasteiger partial charge in [0.15, 0.2) is 0 Å². The van der Waals surface area contributed by atoms with Crippen molar-refractivity contribution >= 4 is 58.1 Å². The van der Waals surface area contributed by atoms with E-state index in [0.29, 0.717) is 20.6 Å². The van der Waals surface area contributed by atoms with Crippen molar-refractivity contribution in [1.29, 1.82) is 0 Å². The zero-order chi connectivity index (χ0) is 25.8. The third-order valence-electron chi connectivity index (χ3n) is 6.45. The number of nitrogens with zero attached hydrogens (tertiary/aromatic N) is 1. The Morgan fingerprint density at radius 2 is 1.69 bits per heavy atom. The summed E-state index contributed by atoms with van der Waals surface area (Å²) in [5.74, 6) is -2.15. The van der Waals surface area contributed by atoms with Gasteiger partial charge in [0.05, 0.1) is 10.9 Å². The summed E-state index contributed by atoms with van der Waals surface area (Å²) in [6.45, 7) is 6.16. The molecule has 3 aromatic rings. The van der Waals surface area contributed by atoms with Crippen molar-refractivity contribution in [2.24, 2.45) is 5.92 Å². The van der Waals surface area contributed by atoms with Crippen molar-refractivity contribution in [3.63, 3.8) is 0 Å². The number of carbonyl (C=O) groups is 3. The van der Waals surface area contributed by atoms with Crippen molar-refractivity contribution in [2.75, 3.05) is 5.32 Å². The Morgan fingerprint density at radius 1 is 1.03 bits per heavy atom. The van der Waals surface area contributed by atoms with Gasteiger partial charge in [0.25, 0.3) is 0 Å². The first kappa shape index (κ1) is 24.8. The maximum Gasteiger partial charge on any atom is 0.308 e. The van der Waals surface area contributed by atoms with E-state index in [-0.39, 0.29) is 34.6 Å². The SMILES string of the molecule is CC(C)(C)c1ccc(C2c3sc(=O)n(CC(=O)Nc4ccc(Cl)cc4)c3SC3C(=O)NC(=O)C32)cc1. The van der Waals surface area contributed by atoms with Crippen LogP contribution in [0.1, 0.15) is 42.7 Å². The molecule has 3 unspecified atom stereocenters. The van der Waals surface area contributed by atoms with Crippen molar-refractivity contribution in [2.45, 2.75) is 48.9 Å². The van der Waals surface area contributed by atoms with Crippen LogP contribution in [-0.2, 0) is 26.3 Å². The fraction of sp³-hybridized carbons (Fsp3) is 0.308. The molecule has 2 aliphatic heterocycles. The van der Waals surface area contributed by atoms with Crippen LogP contribution in [0.2, 0.25) is 5.02 Å². The number of halogens is 1. The van der Waals surface area contributed by atoms with E-state index in [0.717, 1.165) is 22.5 Å². The lowest BCUT2D eigenvalue weighted by atomic mass is 9.81. The van der Waals surface area contributed by atoms with Crippen LogP contribution in [-0.4, -0.2) is 27.5 Å². The highest BCUT2D eigenvalue weighted by Gasteiger charge is 2.52. The second-order valence-electron chi connectivity index (χ2n) is 9.95. The van der Waals surface area contributed by atoms with E-state index in [1.165, 1.54) is 16.3 Å². The number of hydrogen-bond donors (Lipinski definition) is 2. The monoisotopic (exact) mass is 541 g/mol. The highest BCUT2D eigenvalue weighted by atomic mass is 35.5. The van der Waals surface area contributed by atoms with E-state index >= 15 is 0 Å². The molecule has 0 aliphatic carbocycles. The fourth-order valence-electron chi connectivity index (χ4n) is 4.60. The molecular formula is C26H24ClN3O4S2. The number of anilines is 1. The molecule has 7 nitrogen and oxygen atoms in total. The normalized spacial score (nSPS) is 21.1. The van der Waals surface area contributed by atoms with Crippen LogP contribution < -0.4 is 15.5 Å². The van der Waals surface area contributed by atoms with Crippen LogP contribution in [0.3, 0.4) is 0 Å². The summed E-state index contributed by atoms with van der Waals surface area (Å²) >= 11 is 8.12. The van der Waals surface area contributed by atoms with Gasteiger partial charge < -0.3 is 5.32 Å². The second-order valence-corrected chi connectivity index (χ2v) is 12.5. The molecule has 1 saturated heterocycles. The largest absolute Gasteiger partial charge is 0.325 e. The molecule has 1 aromatic heterocycles. The second kappa shape index (κ2) is 9.21. The third kappa shape index (κ3) is 4.51. The summed E-state index contributed by atoms with van der Waals surface area (Å²) in [6.07, 6.45) is 0. The number of fused-ring (bicyclic) bond motifs is 2. The lowest BCUT2D eigenvalue weighted by molar-refractivity contribution is -0.126. The van der Waals surface area contributed by atoms with Crippen molar-refractivity contribution in [1.82, 2.24) is 9.88 Å². The molecule has 36 heavy (non-hydrogen) atoms. The Balaban J connectivity index is 1.52. The molecule has 5 rings (SSSR count). The highest BCUT2D eigenvalue weighted by molar-refractivity contribution is 8.00. The van der Waals surface area contributed by atoms with Crippen LogP contribution in [0, 0.1) is 5.92 Å². The van der Waals surface area contributed by atoms with E-state index in [1.54, 1.807) is 24.3 Å². The number of aromatic nitrogens is 1. The lowest BCUT2D eigenvalue weighted by Crippen LogP contribution is -2.32. The van der Waals surface area contributed by atoms with E-state index in [9.17, 15) is 19.2 Å². The summed E-state index contributed by atoms with van der Waals surface area (Å²) in [5.41, 5.74) is 2.53. The van der Waals surface area contributed by atoms with Gasteiger partial charge >= 0.3 is 4.87 Å². The molecule has 0 bridgehead atoms. The molecule has 186 valence electrons. The molecule has 3 atom stereocenters. The van der Waals surface area contributed by atoms with E-state index in [2.05, 4.69) is 31.4 Å². The van der Waals surface area contributed by atoms with Crippen molar-refractivity contribution in [3.8, 4) is 0 Å². The van der Waals surface area contributed by atoms with Crippen molar-refractivity contribution < 1.29 is 14.4 Å². The molecule has 2 aromatic carbocycles. The van der Waals surface area contributed by atoms with Crippen LogP contribution in [0.25, 0.3) is 0 Å². The number of hydrogen-bond acceptors (Lipinski definition) is 6. The zero-order valence-corrected chi connectivity index (χ0v) is 22.2. The molecule has 0 radical (unpaired) electrons. The quantitative estimate of drug-likeness (QED) is 0.478. The van der Waals surface area contributed by atoms with Gasteiger partial charge in [-0.3, -0.25) is 29.1 Å². The van der Waals surface area contributed by atoms with Crippen LogP contribution in [0.5, 0.6) is 0 Å². The maximum absolute atomic E-state index is 13.1. The Morgan fingerprint density at radius 3 is 2.33 bits per heavy atom. The van der Waals surface area contributed by atoms with Gasteiger partial charge in [-0.25, -0.2) is 0 Å². The molecular weight excluding hydrogens is 518 g/mol. The zero-order valence-electron chi connectivity index (χ0n) is 19.8. The summed E-state index contributed by atoms with van der Waals surface area (Å²) in [4.78, 5) is 51.8. The number of nitrogens with one attached hydrogen (secondary N) is 2. The minimum absolute atomic E-state index is 0.0407. The first-order chi connectivity index (χ1) is 17.0. The smallest absolute Gasteiger partial charge is 0.308 e. The lowest BCUT2D eigenvalue weighted by Gasteiger charge is -2.31. The Kier molecular flexibility index (Phi) is 6.34. The van der Waals surface area contributed by atoms with E-state index in [1.807, 2.05) is 24.3 Å².